The van der Waals surface area contributed by atoms with Gasteiger partial charge in [-0.25, -0.2) is 0 Å². The number of anilines is 2. The lowest BCUT2D eigenvalue weighted by atomic mass is 10.1. The molecule has 0 aliphatic carbocycles. The van der Waals surface area contributed by atoms with Crippen molar-refractivity contribution in [2.75, 3.05) is 37.9 Å². The Bertz CT molecular complexity index is 513. The van der Waals surface area contributed by atoms with E-state index in [1.54, 1.807) is 7.11 Å². The second-order valence-corrected chi connectivity index (χ2v) is 5.58. The highest BCUT2D eigenvalue weighted by atomic mass is 16.5. The van der Waals surface area contributed by atoms with Crippen LogP contribution >= 0.6 is 0 Å². The zero-order valence-electron chi connectivity index (χ0n) is 13.0. The first-order chi connectivity index (χ1) is 10.6. The molecule has 3 rings (SSSR count). The fourth-order valence-electron chi connectivity index (χ4n) is 3.29. The molecule has 3 heterocycles. The number of rotatable bonds is 2. The quantitative estimate of drug-likeness (QED) is 0.758. The van der Waals surface area contributed by atoms with Crippen LogP contribution in [0.2, 0.25) is 0 Å². The van der Waals surface area contributed by atoms with Crippen LogP contribution in [0.25, 0.3) is 0 Å². The van der Waals surface area contributed by atoms with E-state index in [-0.39, 0.29) is 12.4 Å². The molecule has 3 N–H and O–H groups in total. The number of fused-ring (bicyclic) bond motifs is 2. The summed E-state index contributed by atoms with van der Waals surface area (Å²) in [6.07, 6.45) is 3.64. The third kappa shape index (κ3) is 3.56. The van der Waals surface area contributed by atoms with Crippen molar-refractivity contribution in [2.24, 2.45) is 0 Å². The van der Waals surface area contributed by atoms with E-state index in [1.807, 2.05) is 6.07 Å². The number of nitrogens with two attached hydrogens (primary N) is 1. The Morgan fingerprint density at radius 2 is 2.05 bits per heavy atom. The molecular weight excluding hydrogens is 286 g/mol. The molecule has 0 radical (unpaired) electrons. The van der Waals surface area contributed by atoms with Gasteiger partial charge in [0.05, 0.1) is 7.11 Å². The molecule has 0 unspecified atom stereocenters. The maximum atomic E-state index is 8.36. The van der Waals surface area contributed by atoms with Gasteiger partial charge in [-0.2, -0.15) is 9.97 Å². The summed E-state index contributed by atoms with van der Waals surface area (Å²) < 4.78 is 5.20. The Balaban J connectivity index is 0.000000545. The van der Waals surface area contributed by atoms with Crippen LogP contribution in [0, 0.1) is 0 Å². The van der Waals surface area contributed by atoms with E-state index in [9.17, 15) is 0 Å². The van der Waals surface area contributed by atoms with Crippen LogP contribution < -0.4 is 15.4 Å². The average Bonchev–Trinajstić information content (AvgIpc) is 2.79. The van der Waals surface area contributed by atoms with E-state index in [2.05, 4.69) is 26.8 Å². The molecule has 2 aliphatic rings. The van der Waals surface area contributed by atoms with E-state index in [0.717, 1.165) is 18.9 Å². The van der Waals surface area contributed by atoms with Crippen molar-refractivity contribution < 1.29 is 14.6 Å². The maximum Gasteiger partial charge on any atom is 0.290 e. The zero-order valence-corrected chi connectivity index (χ0v) is 13.0. The topological polar surface area (TPSA) is 105 Å². The number of carbonyl (C=O) groups is 1. The van der Waals surface area contributed by atoms with Gasteiger partial charge in [0, 0.05) is 24.7 Å². The van der Waals surface area contributed by atoms with Gasteiger partial charge in [-0.05, 0) is 32.9 Å². The minimum Gasteiger partial charge on any atom is -0.483 e. The van der Waals surface area contributed by atoms with Gasteiger partial charge >= 0.3 is 0 Å². The van der Waals surface area contributed by atoms with Crippen LogP contribution in [0.4, 0.5) is 11.8 Å². The highest BCUT2D eigenvalue weighted by molar-refractivity contribution is 5.49. The summed E-state index contributed by atoms with van der Waals surface area (Å²) in [4.78, 5) is 21.7. The highest BCUT2D eigenvalue weighted by Gasteiger charge is 2.37. The SMILES string of the molecule is COc1cc(N2[C@@H]3CC[C@H]2CN(C)CC3)nc(N)n1.O=CO. The standard InChI is InChI=1S/C13H21N5O.CH2O2/c1-17-6-5-9-3-4-10(8-17)18(9)11-7-12(19-2)16-13(14)15-11;2-1-3/h7,9-10H,3-6,8H2,1-2H3,(H2,14,15,16);1H,(H,2,3)/t9-,10+;/m1./s1. The van der Waals surface area contributed by atoms with E-state index in [1.165, 1.54) is 19.3 Å². The van der Waals surface area contributed by atoms with Crippen LogP contribution in [0.15, 0.2) is 6.07 Å². The number of nitrogens with zero attached hydrogens (tertiary/aromatic N) is 4. The van der Waals surface area contributed by atoms with Crippen molar-refractivity contribution in [3.8, 4) is 5.88 Å². The lowest BCUT2D eigenvalue weighted by Crippen LogP contribution is -2.39. The van der Waals surface area contributed by atoms with Gasteiger partial charge in [0.2, 0.25) is 11.8 Å². The second kappa shape index (κ2) is 7.26. The van der Waals surface area contributed by atoms with E-state index in [0.29, 0.717) is 18.0 Å². The fourth-order valence-corrected chi connectivity index (χ4v) is 3.29. The monoisotopic (exact) mass is 309 g/mol. The molecule has 2 saturated heterocycles. The molecule has 1 aromatic rings. The molecule has 1 aromatic heterocycles. The molecule has 8 heteroatoms. The van der Waals surface area contributed by atoms with Crippen LogP contribution in [0.1, 0.15) is 19.3 Å². The third-order valence-electron chi connectivity index (χ3n) is 4.17. The van der Waals surface area contributed by atoms with Crippen LogP contribution in [-0.4, -0.2) is 65.8 Å². The van der Waals surface area contributed by atoms with Gasteiger partial charge in [0.15, 0.2) is 0 Å². The van der Waals surface area contributed by atoms with Crippen molar-refractivity contribution in [1.82, 2.24) is 14.9 Å². The molecule has 2 bridgehead atoms. The summed E-state index contributed by atoms with van der Waals surface area (Å²) in [6.45, 7) is 1.98. The molecule has 122 valence electrons. The number of ether oxygens (including phenoxy) is 1. The molecule has 2 fully saturated rings. The maximum absolute atomic E-state index is 8.36. The number of carboxylic acid groups (broad SMARTS) is 1. The first kappa shape index (κ1) is 16.3. The Hall–Kier alpha value is -2.09. The lowest BCUT2D eigenvalue weighted by Gasteiger charge is -2.29. The predicted octanol–water partition coefficient (Wildman–Crippen LogP) is 0.441. The zero-order chi connectivity index (χ0) is 16.1. The second-order valence-electron chi connectivity index (χ2n) is 5.58. The normalized spacial score (nSPS) is 24.2. The molecule has 0 aromatic carbocycles. The number of nitrogen functional groups attached to an aromatic ring is 1. The Kier molecular flexibility index (Phi) is 5.37. The van der Waals surface area contributed by atoms with Gasteiger partial charge in [0.25, 0.3) is 6.47 Å². The van der Waals surface area contributed by atoms with Crippen molar-refractivity contribution in [3.05, 3.63) is 6.07 Å². The van der Waals surface area contributed by atoms with Gasteiger partial charge in [-0.3, -0.25) is 4.79 Å². The van der Waals surface area contributed by atoms with Crippen LogP contribution in [0.3, 0.4) is 0 Å². The molecular formula is C14H23N5O3. The molecule has 0 amide bonds. The van der Waals surface area contributed by atoms with Gasteiger partial charge in [0.1, 0.15) is 5.82 Å². The summed E-state index contributed by atoms with van der Waals surface area (Å²) in [5.41, 5.74) is 5.78. The Morgan fingerprint density at radius 1 is 1.36 bits per heavy atom. The van der Waals surface area contributed by atoms with E-state index in [4.69, 9.17) is 20.4 Å². The predicted molar refractivity (Wildman–Crippen MR) is 83.1 cm³/mol. The van der Waals surface area contributed by atoms with Gasteiger partial charge < -0.3 is 25.4 Å². The molecule has 2 atom stereocenters. The van der Waals surface area contributed by atoms with Gasteiger partial charge in [-0.1, -0.05) is 0 Å². The molecule has 2 aliphatic heterocycles. The summed E-state index contributed by atoms with van der Waals surface area (Å²) in [5, 5.41) is 6.89. The number of hydrogen-bond donors (Lipinski definition) is 2. The Labute approximate surface area is 129 Å². The molecule has 0 spiro atoms. The Morgan fingerprint density at radius 3 is 2.73 bits per heavy atom. The molecule has 22 heavy (non-hydrogen) atoms. The summed E-state index contributed by atoms with van der Waals surface area (Å²) >= 11 is 0. The van der Waals surface area contributed by atoms with Crippen LogP contribution in [0.5, 0.6) is 5.88 Å². The smallest absolute Gasteiger partial charge is 0.290 e. The van der Waals surface area contributed by atoms with E-state index >= 15 is 0 Å². The average molecular weight is 309 g/mol. The minimum absolute atomic E-state index is 0.250. The van der Waals surface area contributed by atoms with Crippen molar-refractivity contribution in [1.29, 1.82) is 0 Å². The highest BCUT2D eigenvalue weighted by Crippen LogP contribution is 2.34. The largest absolute Gasteiger partial charge is 0.483 e. The summed E-state index contributed by atoms with van der Waals surface area (Å²) in [5.74, 6) is 1.73. The summed E-state index contributed by atoms with van der Waals surface area (Å²) in [6, 6.07) is 2.98. The number of methoxy groups -OCH3 is 1. The number of likely N-dealkylation sites (tertiary alicyclic amines) is 1. The fraction of sp³-hybridized carbons (Fsp3) is 0.643. The van der Waals surface area contributed by atoms with Crippen molar-refractivity contribution in [3.63, 3.8) is 0 Å². The number of aromatic nitrogens is 2. The third-order valence-corrected chi connectivity index (χ3v) is 4.17. The summed E-state index contributed by atoms with van der Waals surface area (Å²) in [7, 11) is 3.80. The number of hydrogen-bond acceptors (Lipinski definition) is 7. The van der Waals surface area contributed by atoms with Crippen molar-refractivity contribution >= 4 is 18.2 Å². The first-order valence-corrected chi connectivity index (χ1v) is 7.32. The van der Waals surface area contributed by atoms with E-state index < -0.39 is 0 Å². The van der Waals surface area contributed by atoms with Crippen LogP contribution in [-0.2, 0) is 4.79 Å². The number of likely N-dealkylation sites (N-methyl/N-ethyl adjacent to an activating group) is 1. The van der Waals surface area contributed by atoms with Gasteiger partial charge in [-0.15, -0.1) is 0 Å². The minimum atomic E-state index is -0.250. The lowest BCUT2D eigenvalue weighted by molar-refractivity contribution is -0.122. The first-order valence-electron chi connectivity index (χ1n) is 7.32. The molecule has 0 saturated carbocycles. The van der Waals surface area contributed by atoms with Crippen molar-refractivity contribution in [2.45, 2.75) is 31.3 Å². The molecule has 8 nitrogen and oxygen atoms in total.